The number of hydrogen-bond donors (Lipinski definition) is 2. The van der Waals surface area contributed by atoms with Gasteiger partial charge in [0.1, 0.15) is 13.2 Å². The predicted molar refractivity (Wildman–Crippen MR) is 95.1 cm³/mol. The monoisotopic (exact) mass is 360 g/mol. The van der Waals surface area contributed by atoms with E-state index >= 15 is 0 Å². The quantitative estimate of drug-likeness (QED) is 0.530. The highest BCUT2D eigenvalue weighted by Crippen LogP contribution is 2.07. The summed E-state index contributed by atoms with van der Waals surface area (Å²) in [7, 11) is 0. The van der Waals surface area contributed by atoms with Crippen LogP contribution >= 0.6 is 11.3 Å². The first-order valence-corrected chi connectivity index (χ1v) is 8.81. The molecule has 2 aromatic rings. The molecule has 2 amide bonds. The topological polar surface area (TPSA) is 84.5 Å². The molecule has 6 nitrogen and oxygen atoms in total. The van der Waals surface area contributed by atoms with Crippen molar-refractivity contribution in [1.29, 1.82) is 0 Å². The number of carbonyl (C=O) groups excluding carboxylic acids is 3. The summed E-state index contributed by atoms with van der Waals surface area (Å²) in [5, 5.41) is 7.09. The molecule has 25 heavy (non-hydrogen) atoms. The van der Waals surface area contributed by atoms with Crippen LogP contribution in [0.25, 0.3) is 0 Å². The molecule has 0 atom stereocenters. The van der Waals surface area contributed by atoms with Crippen LogP contribution in [0.2, 0.25) is 0 Å². The molecule has 0 bridgehead atoms. The largest absolute Gasteiger partial charge is 0.460 e. The number of thiophene rings is 1. The van der Waals surface area contributed by atoms with Crippen molar-refractivity contribution < 1.29 is 19.1 Å². The van der Waals surface area contributed by atoms with Gasteiger partial charge < -0.3 is 15.4 Å². The third-order valence-corrected chi connectivity index (χ3v) is 4.15. The van der Waals surface area contributed by atoms with Gasteiger partial charge in [-0.1, -0.05) is 36.4 Å². The third-order valence-electron chi connectivity index (χ3n) is 3.28. The Hall–Kier alpha value is -2.67. The molecule has 2 rings (SSSR count). The molecule has 0 aliphatic carbocycles. The number of benzene rings is 1. The molecule has 0 saturated heterocycles. The summed E-state index contributed by atoms with van der Waals surface area (Å²) in [5.74, 6) is -0.870. The second-order valence-corrected chi connectivity index (χ2v) is 6.21. The summed E-state index contributed by atoms with van der Waals surface area (Å²) in [6, 6.07) is 12.9. The second kappa shape index (κ2) is 10.2. The van der Waals surface area contributed by atoms with Crippen molar-refractivity contribution in [3.05, 3.63) is 58.3 Å². The minimum absolute atomic E-state index is 0.139. The van der Waals surface area contributed by atoms with Crippen molar-refractivity contribution in [2.45, 2.75) is 19.4 Å². The van der Waals surface area contributed by atoms with Gasteiger partial charge in [0.2, 0.25) is 5.91 Å². The van der Waals surface area contributed by atoms with Gasteiger partial charge >= 0.3 is 5.97 Å². The van der Waals surface area contributed by atoms with E-state index in [2.05, 4.69) is 10.6 Å². The minimum atomic E-state index is -0.483. The lowest BCUT2D eigenvalue weighted by atomic mass is 10.2. The summed E-state index contributed by atoms with van der Waals surface area (Å²) in [4.78, 5) is 35.6. The molecule has 1 aromatic carbocycles. The van der Waals surface area contributed by atoms with Crippen molar-refractivity contribution in [2.24, 2.45) is 0 Å². The average Bonchev–Trinajstić information content (AvgIpc) is 3.17. The number of carbonyl (C=O) groups is 3. The van der Waals surface area contributed by atoms with Crippen molar-refractivity contribution >= 4 is 29.1 Å². The van der Waals surface area contributed by atoms with Gasteiger partial charge in [-0.3, -0.25) is 14.4 Å². The van der Waals surface area contributed by atoms with Gasteiger partial charge in [-0.2, -0.15) is 0 Å². The molecule has 0 radical (unpaired) electrons. The van der Waals surface area contributed by atoms with E-state index in [-0.39, 0.29) is 31.4 Å². The average molecular weight is 360 g/mol. The molecular weight excluding hydrogens is 340 g/mol. The van der Waals surface area contributed by atoms with Crippen LogP contribution in [0.15, 0.2) is 47.8 Å². The zero-order valence-electron chi connectivity index (χ0n) is 13.7. The van der Waals surface area contributed by atoms with Crippen LogP contribution in [0.5, 0.6) is 0 Å². The van der Waals surface area contributed by atoms with Gasteiger partial charge in [0.25, 0.3) is 5.91 Å². The maximum absolute atomic E-state index is 11.7. The molecule has 7 heteroatoms. The normalized spacial score (nSPS) is 10.1. The molecule has 0 aliphatic heterocycles. The highest BCUT2D eigenvalue weighted by atomic mass is 32.1. The van der Waals surface area contributed by atoms with E-state index in [0.717, 1.165) is 5.56 Å². The Morgan fingerprint density at radius 2 is 1.80 bits per heavy atom. The lowest BCUT2D eigenvalue weighted by Gasteiger charge is -2.07. The van der Waals surface area contributed by atoms with Crippen molar-refractivity contribution in [1.82, 2.24) is 10.6 Å². The summed E-state index contributed by atoms with van der Waals surface area (Å²) < 4.78 is 5.07. The van der Waals surface area contributed by atoms with Gasteiger partial charge in [-0.05, 0) is 23.4 Å². The fraction of sp³-hybridized carbons (Fsp3) is 0.278. The maximum atomic E-state index is 11.7. The van der Waals surface area contributed by atoms with Crippen LogP contribution < -0.4 is 10.6 Å². The van der Waals surface area contributed by atoms with Gasteiger partial charge in [0.15, 0.2) is 0 Å². The van der Waals surface area contributed by atoms with Gasteiger partial charge in [-0.25, -0.2) is 0 Å². The number of amides is 2. The molecule has 0 unspecified atom stereocenters. The molecule has 0 saturated carbocycles. The Kier molecular flexibility index (Phi) is 7.65. The summed E-state index contributed by atoms with van der Waals surface area (Å²) in [6.07, 6.45) is 0.735. The van der Waals surface area contributed by atoms with Crippen LogP contribution in [-0.4, -0.2) is 30.9 Å². The fourth-order valence-electron chi connectivity index (χ4n) is 1.99. The standard InChI is InChI=1S/C18H20N2O4S/c21-16(9-4-10-19-18(23)15-8-5-11-25-15)20-12-17(22)24-13-14-6-2-1-3-7-14/h1-3,5-8,11H,4,9-10,12-13H2,(H,19,23)(H,20,21). The third kappa shape index (κ3) is 7.17. The SMILES string of the molecule is O=C(CCCNC(=O)c1cccs1)NCC(=O)OCc1ccccc1. The van der Waals surface area contributed by atoms with E-state index in [1.807, 2.05) is 41.8 Å². The first-order valence-electron chi connectivity index (χ1n) is 7.93. The zero-order chi connectivity index (χ0) is 17.9. The fourth-order valence-corrected chi connectivity index (χ4v) is 2.63. The van der Waals surface area contributed by atoms with E-state index in [9.17, 15) is 14.4 Å². The van der Waals surface area contributed by atoms with E-state index in [1.165, 1.54) is 11.3 Å². The molecule has 0 aliphatic rings. The summed E-state index contributed by atoms with van der Waals surface area (Å²) in [5.41, 5.74) is 0.892. The maximum Gasteiger partial charge on any atom is 0.325 e. The van der Waals surface area contributed by atoms with E-state index in [0.29, 0.717) is 17.8 Å². The van der Waals surface area contributed by atoms with Crippen LogP contribution in [0.1, 0.15) is 28.1 Å². The Morgan fingerprint density at radius 3 is 2.52 bits per heavy atom. The van der Waals surface area contributed by atoms with Crippen molar-refractivity contribution in [3.8, 4) is 0 Å². The molecule has 0 spiro atoms. The molecule has 1 heterocycles. The Morgan fingerprint density at radius 1 is 1.00 bits per heavy atom. The number of rotatable bonds is 9. The highest BCUT2D eigenvalue weighted by molar-refractivity contribution is 7.12. The number of hydrogen-bond acceptors (Lipinski definition) is 5. The van der Waals surface area contributed by atoms with Crippen LogP contribution in [0.4, 0.5) is 0 Å². The van der Waals surface area contributed by atoms with Crippen molar-refractivity contribution in [3.63, 3.8) is 0 Å². The minimum Gasteiger partial charge on any atom is -0.460 e. The summed E-state index contributed by atoms with van der Waals surface area (Å²) >= 11 is 1.37. The molecule has 2 N–H and O–H groups in total. The lowest BCUT2D eigenvalue weighted by Crippen LogP contribution is -2.31. The first-order chi connectivity index (χ1) is 12.1. The van der Waals surface area contributed by atoms with Crippen LogP contribution in [0, 0.1) is 0 Å². The summed E-state index contributed by atoms with van der Waals surface area (Å²) in [6.45, 7) is 0.431. The van der Waals surface area contributed by atoms with E-state index in [4.69, 9.17) is 4.74 Å². The van der Waals surface area contributed by atoms with Gasteiger partial charge in [0.05, 0.1) is 4.88 Å². The highest BCUT2D eigenvalue weighted by Gasteiger charge is 2.08. The van der Waals surface area contributed by atoms with E-state index < -0.39 is 5.97 Å². The Balaban J connectivity index is 1.53. The number of ether oxygens (including phenoxy) is 1. The van der Waals surface area contributed by atoms with Crippen LogP contribution in [-0.2, 0) is 20.9 Å². The molecular formula is C18H20N2O4S. The second-order valence-electron chi connectivity index (χ2n) is 5.26. The Labute approximate surface area is 150 Å². The van der Waals surface area contributed by atoms with E-state index in [1.54, 1.807) is 6.07 Å². The number of nitrogens with one attached hydrogen (secondary N) is 2. The lowest BCUT2D eigenvalue weighted by molar-refractivity contribution is -0.145. The first kappa shape index (κ1) is 18.7. The van der Waals surface area contributed by atoms with Gasteiger partial charge in [0, 0.05) is 13.0 Å². The predicted octanol–water partition coefficient (Wildman–Crippen LogP) is 2.12. The van der Waals surface area contributed by atoms with Gasteiger partial charge in [-0.15, -0.1) is 11.3 Å². The molecule has 0 fully saturated rings. The smallest absolute Gasteiger partial charge is 0.325 e. The molecule has 132 valence electrons. The Bertz CT molecular complexity index is 686. The van der Waals surface area contributed by atoms with Crippen molar-refractivity contribution in [2.75, 3.05) is 13.1 Å². The van der Waals surface area contributed by atoms with Crippen LogP contribution in [0.3, 0.4) is 0 Å². The molecule has 1 aromatic heterocycles. The number of esters is 1. The zero-order valence-corrected chi connectivity index (χ0v) is 14.5.